The second-order valence-electron chi connectivity index (χ2n) is 6.67. The van der Waals surface area contributed by atoms with Crippen LogP contribution in [0.25, 0.3) is 11.4 Å². The van der Waals surface area contributed by atoms with E-state index in [1.807, 2.05) is 0 Å². The van der Waals surface area contributed by atoms with Gasteiger partial charge in [-0.25, -0.2) is 17.5 Å². The van der Waals surface area contributed by atoms with Crippen LogP contribution in [0.3, 0.4) is 0 Å². The molecule has 0 saturated carbocycles. The monoisotopic (exact) mass is 448 g/mol. The second-order valence-corrected chi connectivity index (χ2v) is 9.45. The number of nitrogens with zero attached hydrogens (tertiary/aromatic N) is 3. The fraction of sp³-hybridized carbons (Fsp3) is 0.250. The average molecular weight is 449 g/mol. The Hall–Kier alpha value is -2.56. The fourth-order valence-electron chi connectivity index (χ4n) is 2.77. The van der Waals surface area contributed by atoms with Gasteiger partial charge in [-0.05, 0) is 24.1 Å². The van der Waals surface area contributed by atoms with E-state index in [1.54, 1.807) is 54.1 Å². The topological polar surface area (TPSA) is 94.0 Å². The number of rotatable bonds is 9. The molecule has 7 nitrogen and oxygen atoms in total. The number of sulfonamides is 1. The number of hydrogen-bond acceptors (Lipinski definition) is 6. The molecule has 30 heavy (non-hydrogen) atoms. The van der Waals surface area contributed by atoms with Crippen LogP contribution in [0.2, 0.25) is 0 Å². The zero-order valence-electron chi connectivity index (χ0n) is 16.5. The molecular weight excluding hydrogens is 427 g/mol. The van der Waals surface area contributed by atoms with Gasteiger partial charge in [0.15, 0.2) is 16.8 Å². The van der Waals surface area contributed by atoms with Crippen LogP contribution in [-0.4, -0.2) is 47.5 Å². The maximum absolute atomic E-state index is 14.0. The lowest BCUT2D eigenvalue weighted by atomic mass is 10.1. The Kier molecular flexibility index (Phi) is 7.01. The summed E-state index contributed by atoms with van der Waals surface area (Å²) in [5.74, 6) is 0.108. The minimum atomic E-state index is -3.21. The molecule has 0 fully saturated rings. The van der Waals surface area contributed by atoms with E-state index in [2.05, 4.69) is 14.9 Å². The quantitative estimate of drug-likeness (QED) is 0.400. The first-order valence-electron chi connectivity index (χ1n) is 9.08. The van der Waals surface area contributed by atoms with Crippen molar-refractivity contribution in [2.75, 3.05) is 18.6 Å². The molecule has 10 heteroatoms. The smallest absolute Gasteiger partial charge is 0.208 e. The third kappa shape index (κ3) is 5.74. The number of Topliss-reactive ketones (excluding diaryl/α,β-unsaturated/α-hetero) is 1. The largest absolute Gasteiger partial charge is 0.305 e. The van der Waals surface area contributed by atoms with E-state index in [0.29, 0.717) is 35.1 Å². The normalized spacial score (nSPS) is 11.6. The molecule has 1 aromatic heterocycles. The summed E-state index contributed by atoms with van der Waals surface area (Å²) in [5.41, 5.74) is 1.84. The van der Waals surface area contributed by atoms with Crippen LogP contribution >= 0.6 is 11.8 Å². The summed E-state index contributed by atoms with van der Waals surface area (Å²) in [6.07, 6.45) is 1.65. The van der Waals surface area contributed by atoms with Crippen LogP contribution < -0.4 is 4.72 Å². The molecule has 0 aliphatic rings. The van der Waals surface area contributed by atoms with Gasteiger partial charge < -0.3 is 4.57 Å². The molecule has 0 unspecified atom stereocenters. The van der Waals surface area contributed by atoms with Gasteiger partial charge in [0.2, 0.25) is 10.0 Å². The SMILES string of the molecule is Cn1c(SCC(=O)c2ccc(CCNS(C)(=O)=O)cc2)nnc1-c1ccccc1F. The molecule has 1 heterocycles. The predicted octanol–water partition coefficient (Wildman–Crippen LogP) is 2.69. The number of hydrogen-bond donors (Lipinski definition) is 1. The zero-order valence-corrected chi connectivity index (χ0v) is 18.1. The molecule has 0 aliphatic carbocycles. The first-order valence-corrected chi connectivity index (χ1v) is 12.0. The Bertz CT molecular complexity index is 1150. The third-order valence-electron chi connectivity index (χ3n) is 4.34. The van der Waals surface area contributed by atoms with Gasteiger partial charge in [0, 0.05) is 19.2 Å². The third-order valence-corrected chi connectivity index (χ3v) is 6.08. The van der Waals surface area contributed by atoms with Crippen molar-refractivity contribution in [3.05, 3.63) is 65.5 Å². The lowest BCUT2D eigenvalue weighted by Crippen LogP contribution is -2.24. The predicted molar refractivity (Wildman–Crippen MR) is 114 cm³/mol. The summed E-state index contributed by atoms with van der Waals surface area (Å²) < 4.78 is 40.3. The Morgan fingerprint density at radius 3 is 2.50 bits per heavy atom. The van der Waals surface area contributed by atoms with Gasteiger partial charge in [-0.3, -0.25) is 4.79 Å². The Morgan fingerprint density at radius 1 is 1.13 bits per heavy atom. The van der Waals surface area contributed by atoms with E-state index in [-0.39, 0.29) is 17.4 Å². The minimum absolute atomic E-state index is 0.0729. The highest BCUT2D eigenvalue weighted by Gasteiger charge is 2.16. The number of carbonyl (C=O) groups excluding carboxylic acids is 1. The standard InChI is InChI=1S/C20H21FN4O3S2/c1-25-19(16-5-3-4-6-17(16)21)23-24-20(25)29-13-18(26)15-9-7-14(8-10-15)11-12-22-30(2,27)28/h3-10,22H,11-13H2,1-2H3. The minimum Gasteiger partial charge on any atom is -0.305 e. The van der Waals surface area contributed by atoms with Crippen molar-refractivity contribution in [3.8, 4) is 11.4 Å². The molecule has 0 bridgehead atoms. The van der Waals surface area contributed by atoms with Crippen molar-refractivity contribution in [1.82, 2.24) is 19.5 Å². The molecule has 3 rings (SSSR count). The number of nitrogens with one attached hydrogen (secondary N) is 1. The summed E-state index contributed by atoms with van der Waals surface area (Å²) >= 11 is 1.23. The van der Waals surface area contributed by atoms with Gasteiger partial charge >= 0.3 is 0 Å². The van der Waals surface area contributed by atoms with Crippen LogP contribution in [0.15, 0.2) is 53.7 Å². The lowest BCUT2D eigenvalue weighted by molar-refractivity contribution is 0.102. The maximum Gasteiger partial charge on any atom is 0.208 e. The van der Waals surface area contributed by atoms with Gasteiger partial charge in [-0.2, -0.15) is 0 Å². The van der Waals surface area contributed by atoms with Crippen molar-refractivity contribution in [3.63, 3.8) is 0 Å². The Morgan fingerprint density at radius 2 is 1.83 bits per heavy atom. The molecule has 1 N–H and O–H groups in total. The van der Waals surface area contributed by atoms with E-state index in [4.69, 9.17) is 0 Å². The van der Waals surface area contributed by atoms with E-state index in [1.165, 1.54) is 17.8 Å². The highest BCUT2D eigenvalue weighted by atomic mass is 32.2. The van der Waals surface area contributed by atoms with Crippen molar-refractivity contribution >= 4 is 27.6 Å². The Balaban J connectivity index is 1.59. The van der Waals surface area contributed by atoms with Crippen LogP contribution in [0.5, 0.6) is 0 Å². The number of carbonyl (C=O) groups is 1. The molecular formula is C20H21FN4O3S2. The van der Waals surface area contributed by atoms with E-state index in [0.717, 1.165) is 11.8 Å². The molecule has 3 aromatic rings. The first kappa shape index (κ1) is 22.1. The maximum atomic E-state index is 14.0. The van der Waals surface area contributed by atoms with Crippen molar-refractivity contribution in [2.45, 2.75) is 11.6 Å². The second kappa shape index (κ2) is 9.50. The fourth-order valence-corrected chi connectivity index (χ4v) is 4.05. The molecule has 0 radical (unpaired) electrons. The van der Waals surface area contributed by atoms with Crippen LogP contribution in [-0.2, 0) is 23.5 Å². The van der Waals surface area contributed by atoms with Gasteiger partial charge in [0.1, 0.15) is 5.82 Å². The van der Waals surface area contributed by atoms with Gasteiger partial charge in [-0.15, -0.1) is 10.2 Å². The lowest BCUT2D eigenvalue weighted by Gasteiger charge is -2.06. The first-order chi connectivity index (χ1) is 14.2. The number of halogens is 1. The summed E-state index contributed by atoms with van der Waals surface area (Å²) in [7, 11) is -1.48. The van der Waals surface area contributed by atoms with Crippen molar-refractivity contribution in [1.29, 1.82) is 0 Å². The molecule has 0 atom stereocenters. The van der Waals surface area contributed by atoms with Crippen LogP contribution in [0.1, 0.15) is 15.9 Å². The van der Waals surface area contributed by atoms with E-state index >= 15 is 0 Å². The van der Waals surface area contributed by atoms with E-state index < -0.39 is 10.0 Å². The van der Waals surface area contributed by atoms with Crippen molar-refractivity contribution in [2.24, 2.45) is 7.05 Å². The van der Waals surface area contributed by atoms with E-state index in [9.17, 15) is 17.6 Å². The molecule has 0 amide bonds. The summed E-state index contributed by atoms with van der Waals surface area (Å²) in [6, 6.07) is 13.4. The summed E-state index contributed by atoms with van der Waals surface area (Å²) in [4.78, 5) is 12.5. The highest BCUT2D eigenvalue weighted by Crippen LogP contribution is 2.25. The number of thioether (sulfide) groups is 1. The molecule has 158 valence electrons. The number of benzene rings is 2. The summed E-state index contributed by atoms with van der Waals surface area (Å²) in [6.45, 7) is 0.304. The van der Waals surface area contributed by atoms with Crippen molar-refractivity contribution < 1.29 is 17.6 Å². The molecule has 0 aliphatic heterocycles. The van der Waals surface area contributed by atoms with Crippen LogP contribution in [0, 0.1) is 5.82 Å². The number of ketones is 1. The molecule has 2 aromatic carbocycles. The number of aromatic nitrogens is 3. The van der Waals surface area contributed by atoms with Gasteiger partial charge in [0.05, 0.1) is 17.6 Å². The highest BCUT2D eigenvalue weighted by molar-refractivity contribution is 7.99. The Labute approximate surface area is 178 Å². The molecule has 0 saturated heterocycles. The molecule has 0 spiro atoms. The van der Waals surface area contributed by atoms with Gasteiger partial charge in [-0.1, -0.05) is 48.2 Å². The van der Waals surface area contributed by atoms with Crippen LogP contribution in [0.4, 0.5) is 4.39 Å². The zero-order chi connectivity index (χ0) is 21.7. The average Bonchev–Trinajstić information content (AvgIpc) is 3.06. The van der Waals surface area contributed by atoms with Gasteiger partial charge in [0.25, 0.3) is 0 Å². The summed E-state index contributed by atoms with van der Waals surface area (Å²) in [5, 5.41) is 8.63.